The van der Waals surface area contributed by atoms with Gasteiger partial charge in [-0.15, -0.1) is 5.10 Å². The Kier molecular flexibility index (Phi) is 5.60. The van der Waals surface area contributed by atoms with Crippen molar-refractivity contribution in [3.05, 3.63) is 41.8 Å². The number of hydrogen-bond donors (Lipinski definition) is 2. The first kappa shape index (κ1) is 17.3. The fourth-order valence-electron chi connectivity index (χ4n) is 3.13. The summed E-state index contributed by atoms with van der Waals surface area (Å²) in [4.78, 5) is 14.5. The minimum absolute atomic E-state index is 0.0218. The Morgan fingerprint density at radius 1 is 1.24 bits per heavy atom. The van der Waals surface area contributed by atoms with Crippen molar-refractivity contribution in [3.8, 4) is 0 Å². The van der Waals surface area contributed by atoms with E-state index in [4.69, 9.17) is 0 Å². The maximum absolute atomic E-state index is 13.2. The Hall–Kier alpha value is -2.48. The second-order valence-corrected chi connectivity index (χ2v) is 6.28. The molecular weight excluding hydrogens is 323 g/mol. The number of aryl methyl sites for hydroxylation is 1. The van der Waals surface area contributed by atoms with Gasteiger partial charge in [0.2, 0.25) is 0 Å². The number of hydrogen-bond acceptors (Lipinski definition) is 4. The summed E-state index contributed by atoms with van der Waals surface area (Å²) in [5.41, 5.74) is 1.00. The summed E-state index contributed by atoms with van der Waals surface area (Å²) >= 11 is 0. The first-order chi connectivity index (χ1) is 12.1. The van der Waals surface area contributed by atoms with E-state index in [0.29, 0.717) is 12.4 Å². The Morgan fingerprint density at radius 2 is 1.96 bits per heavy atom. The molecule has 2 N–H and O–H groups in total. The number of benzene rings is 1. The van der Waals surface area contributed by atoms with Gasteiger partial charge >= 0.3 is 6.03 Å². The molecule has 134 valence electrons. The Morgan fingerprint density at radius 3 is 2.60 bits per heavy atom. The number of likely N-dealkylation sites (tertiary alicyclic amines) is 1. The number of anilines is 1. The van der Waals surface area contributed by atoms with Crippen LogP contribution in [0.5, 0.6) is 0 Å². The molecule has 1 fully saturated rings. The largest absolute Gasteiger partial charge is 0.336 e. The molecule has 2 heterocycles. The predicted molar refractivity (Wildman–Crippen MR) is 92.6 cm³/mol. The number of carbonyl (C=O) groups is 1. The number of aromatic nitrogens is 3. The van der Waals surface area contributed by atoms with Crippen molar-refractivity contribution in [1.82, 2.24) is 25.2 Å². The van der Waals surface area contributed by atoms with E-state index in [1.54, 1.807) is 25.4 Å². The predicted octanol–water partition coefficient (Wildman–Crippen LogP) is 2.30. The van der Waals surface area contributed by atoms with Gasteiger partial charge in [0, 0.05) is 13.6 Å². The molecule has 1 saturated heterocycles. The molecule has 1 unspecified atom stereocenters. The molecule has 1 aromatic heterocycles. The lowest BCUT2D eigenvalue weighted by Gasteiger charge is -2.35. The molecule has 2 aromatic rings. The molecule has 1 aliphatic heterocycles. The normalized spacial score (nSPS) is 16.4. The number of nitrogens with zero attached hydrogens (tertiary/aromatic N) is 4. The van der Waals surface area contributed by atoms with Crippen molar-refractivity contribution in [1.29, 1.82) is 0 Å². The van der Waals surface area contributed by atoms with Gasteiger partial charge in [-0.2, -0.15) is 0 Å². The quantitative estimate of drug-likeness (QED) is 0.871. The molecule has 0 bridgehead atoms. The first-order valence-corrected chi connectivity index (χ1v) is 8.52. The second-order valence-electron chi connectivity index (χ2n) is 6.28. The molecule has 1 atom stereocenters. The van der Waals surface area contributed by atoms with E-state index >= 15 is 0 Å². The SMILES string of the molecule is Cn1cc(NC(=O)NCC(c2ccc(F)cc2)N2CCCCC2)nn1. The maximum atomic E-state index is 13.2. The van der Waals surface area contributed by atoms with E-state index in [-0.39, 0.29) is 17.9 Å². The smallest absolute Gasteiger partial charge is 0.320 e. The Labute approximate surface area is 146 Å². The molecule has 3 rings (SSSR count). The lowest BCUT2D eigenvalue weighted by Crippen LogP contribution is -2.41. The number of halogens is 1. The van der Waals surface area contributed by atoms with E-state index in [9.17, 15) is 9.18 Å². The lowest BCUT2D eigenvalue weighted by atomic mass is 10.0. The summed E-state index contributed by atoms with van der Waals surface area (Å²) in [6.45, 7) is 2.41. The third kappa shape index (κ3) is 4.76. The third-order valence-corrected chi connectivity index (χ3v) is 4.39. The molecule has 8 heteroatoms. The van der Waals surface area contributed by atoms with Crippen LogP contribution in [0.4, 0.5) is 15.0 Å². The van der Waals surface area contributed by atoms with Gasteiger partial charge in [0.1, 0.15) is 5.82 Å². The van der Waals surface area contributed by atoms with Crippen LogP contribution < -0.4 is 10.6 Å². The summed E-state index contributed by atoms with van der Waals surface area (Å²) in [6, 6.07) is 6.20. The fourth-order valence-corrected chi connectivity index (χ4v) is 3.13. The van der Waals surface area contributed by atoms with Crippen LogP contribution in [0.15, 0.2) is 30.5 Å². The highest BCUT2D eigenvalue weighted by molar-refractivity contribution is 5.87. The number of amides is 2. The molecule has 1 aliphatic rings. The van der Waals surface area contributed by atoms with Crippen molar-refractivity contribution >= 4 is 11.8 Å². The molecule has 1 aromatic carbocycles. The van der Waals surface area contributed by atoms with Gasteiger partial charge < -0.3 is 5.32 Å². The highest BCUT2D eigenvalue weighted by Gasteiger charge is 2.23. The third-order valence-electron chi connectivity index (χ3n) is 4.39. The fraction of sp³-hybridized carbons (Fsp3) is 0.471. The van der Waals surface area contributed by atoms with Crippen LogP contribution in [0.2, 0.25) is 0 Å². The van der Waals surface area contributed by atoms with Gasteiger partial charge in [0.15, 0.2) is 5.82 Å². The summed E-state index contributed by atoms with van der Waals surface area (Å²) in [6.07, 6.45) is 5.14. The Balaban J connectivity index is 1.64. The summed E-state index contributed by atoms with van der Waals surface area (Å²) in [5, 5.41) is 13.2. The van der Waals surface area contributed by atoms with E-state index in [1.165, 1.54) is 23.2 Å². The molecule has 0 aliphatic carbocycles. The molecule has 25 heavy (non-hydrogen) atoms. The monoisotopic (exact) mass is 346 g/mol. The zero-order chi connectivity index (χ0) is 17.6. The zero-order valence-electron chi connectivity index (χ0n) is 14.3. The first-order valence-electron chi connectivity index (χ1n) is 8.52. The summed E-state index contributed by atoms with van der Waals surface area (Å²) < 4.78 is 14.8. The number of carbonyl (C=O) groups excluding carboxylic acids is 1. The lowest BCUT2D eigenvalue weighted by molar-refractivity contribution is 0.161. The van der Waals surface area contributed by atoms with Gasteiger partial charge in [-0.05, 0) is 43.6 Å². The minimum Gasteiger partial charge on any atom is -0.336 e. The minimum atomic E-state index is -0.329. The van der Waals surface area contributed by atoms with Crippen LogP contribution in [0, 0.1) is 5.82 Å². The van der Waals surface area contributed by atoms with Crippen molar-refractivity contribution in [2.75, 3.05) is 25.0 Å². The molecule has 0 spiro atoms. The van der Waals surface area contributed by atoms with E-state index in [2.05, 4.69) is 25.8 Å². The highest BCUT2D eigenvalue weighted by Crippen LogP contribution is 2.24. The van der Waals surface area contributed by atoms with Crippen molar-refractivity contribution in [2.24, 2.45) is 7.05 Å². The summed E-state index contributed by atoms with van der Waals surface area (Å²) in [7, 11) is 1.73. The number of piperidine rings is 1. The van der Waals surface area contributed by atoms with Gasteiger partial charge in [0.25, 0.3) is 0 Å². The average molecular weight is 346 g/mol. The maximum Gasteiger partial charge on any atom is 0.320 e. The average Bonchev–Trinajstić information content (AvgIpc) is 3.02. The molecule has 0 saturated carbocycles. The van der Waals surface area contributed by atoms with Gasteiger partial charge in [0.05, 0.1) is 12.2 Å². The van der Waals surface area contributed by atoms with Crippen LogP contribution in [0.25, 0.3) is 0 Å². The summed E-state index contributed by atoms with van der Waals surface area (Å²) in [5.74, 6) is 0.144. The van der Waals surface area contributed by atoms with E-state index < -0.39 is 0 Å². The van der Waals surface area contributed by atoms with Crippen LogP contribution in [-0.2, 0) is 7.05 Å². The van der Waals surface area contributed by atoms with Crippen LogP contribution >= 0.6 is 0 Å². The van der Waals surface area contributed by atoms with E-state index in [1.807, 2.05) is 0 Å². The number of nitrogens with one attached hydrogen (secondary N) is 2. The van der Waals surface area contributed by atoms with Crippen molar-refractivity contribution in [3.63, 3.8) is 0 Å². The highest BCUT2D eigenvalue weighted by atomic mass is 19.1. The molecule has 7 nitrogen and oxygen atoms in total. The van der Waals surface area contributed by atoms with Crippen LogP contribution in [0.3, 0.4) is 0 Å². The van der Waals surface area contributed by atoms with Crippen LogP contribution in [0.1, 0.15) is 30.9 Å². The molecule has 2 amide bonds. The van der Waals surface area contributed by atoms with Gasteiger partial charge in [-0.1, -0.05) is 23.8 Å². The van der Waals surface area contributed by atoms with Crippen LogP contribution in [-0.4, -0.2) is 45.6 Å². The number of rotatable bonds is 5. The van der Waals surface area contributed by atoms with Crippen molar-refractivity contribution in [2.45, 2.75) is 25.3 Å². The zero-order valence-corrected chi connectivity index (χ0v) is 14.3. The molecular formula is C17H23FN6O. The topological polar surface area (TPSA) is 75.1 Å². The second kappa shape index (κ2) is 8.06. The standard InChI is InChI=1S/C17H23FN6O/c1-23-12-16(21-22-23)20-17(25)19-11-15(24-9-3-2-4-10-24)13-5-7-14(18)8-6-13/h5-8,12,15H,2-4,9-11H2,1H3,(H2,19,20,25). The van der Waals surface area contributed by atoms with E-state index in [0.717, 1.165) is 31.5 Å². The molecule has 0 radical (unpaired) electrons. The van der Waals surface area contributed by atoms with Gasteiger partial charge in [-0.25, -0.2) is 9.18 Å². The Bertz CT molecular complexity index is 695. The van der Waals surface area contributed by atoms with Crippen molar-refractivity contribution < 1.29 is 9.18 Å². The van der Waals surface area contributed by atoms with Gasteiger partial charge in [-0.3, -0.25) is 14.9 Å². The number of urea groups is 1.